The van der Waals surface area contributed by atoms with Crippen molar-refractivity contribution >= 4 is 22.3 Å². The number of allylic oxidation sites excluding steroid dienone is 2. The number of ether oxygens (including phenoxy) is 1. The monoisotopic (exact) mass is 427 g/mol. The molecule has 1 aliphatic rings. The lowest BCUT2D eigenvalue weighted by Crippen LogP contribution is -2.04. The molecule has 2 aromatic heterocycles. The van der Waals surface area contributed by atoms with E-state index in [9.17, 15) is 0 Å². The summed E-state index contributed by atoms with van der Waals surface area (Å²) in [5, 5.41) is 12.3. The molecule has 32 heavy (non-hydrogen) atoms. The van der Waals surface area contributed by atoms with E-state index >= 15 is 0 Å². The van der Waals surface area contributed by atoms with Gasteiger partial charge in [0.15, 0.2) is 5.82 Å². The summed E-state index contributed by atoms with van der Waals surface area (Å²) < 4.78 is 5.85. The third-order valence-corrected chi connectivity index (χ3v) is 6.20. The van der Waals surface area contributed by atoms with Gasteiger partial charge in [-0.15, -0.1) is 0 Å². The number of fused-ring (bicyclic) bond motifs is 1. The van der Waals surface area contributed by atoms with Gasteiger partial charge in [0.25, 0.3) is 0 Å². The lowest BCUT2D eigenvalue weighted by molar-refractivity contribution is 0.416. The summed E-state index contributed by atoms with van der Waals surface area (Å²) in [4.78, 5) is 7.30. The molecule has 0 bridgehead atoms. The molecule has 0 fully saturated rings. The summed E-state index contributed by atoms with van der Waals surface area (Å²) in [5.74, 6) is 1.77. The Bertz CT molecular complexity index is 1220. The van der Waals surface area contributed by atoms with Crippen LogP contribution in [0.1, 0.15) is 43.4 Å². The first-order valence-corrected chi connectivity index (χ1v) is 11.4. The normalized spacial score (nSPS) is 13.8. The van der Waals surface area contributed by atoms with Crippen molar-refractivity contribution in [1.29, 1.82) is 0 Å². The first-order chi connectivity index (χ1) is 15.8. The van der Waals surface area contributed by atoms with Crippen LogP contribution >= 0.6 is 0 Å². The van der Waals surface area contributed by atoms with E-state index in [-0.39, 0.29) is 0 Å². The number of rotatable bonds is 8. The number of nitrogens with one attached hydrogen (secondary N) is 3. The lowest BCUT2D eigenvalue weighted by atomic mass is 9.91. The Kier molecular flexibility index (Phi) is 5.92. The van der Waals surface area contributed by atoms with Gasteiger partial charge in [-0.05, 0) is 67.4 Å². The molecule has 0 spiro atoms. The molecule has 3 N–H and O–H groups in total. The van der Waals surface area contributed by atoms with Crippen LogP contribution in [0.15, 0.2) is 55.0 Å². The van der Waals surface area contributed by atoms with Crippen molar-refractivity contribution < 1.29 is 4.74 Å². The number of aryl methyl sites for hydroxylation is 1. The number of methoxy groups -OCH3 is 1. The minimum atomic E-state index is 0.825. The van der Waals surface area contributed by atoms with Crippen molar-refractivity contribution in [2.45, 2.75) is 38.5 Å². The largest absolute Gasteiger partial charge is 0.496 e. The van der Waals surface area contributed by atoms with E-state index in [1.54, 1.807) is 13.4 Å². The SMILES string of the molecule is COc1cc(C2=CCCCC2)ccc1-c1cccc2[nH]nc(NCCCc3c[nH]cn3)c12. The summed E-state index contributed by atoms with van der Waals surface area (Å²) in [6, 6.07) is 12.9. The number of benzene rings is 2. The highest BCUT2D eigenvalue weighted by Crippen LogP contribution is 2.39. The Morgan fingerprint density at radius 2 is 2.09 bits per heavy atom. The van der Waals surface area contributed by atoms with Crippen LogP contribution in [0.3, 0.4) is 0 Å². The predicted molar refractivity (Wildman–Crippen MR) is 130 cm³/mol. The van der Waals surface area contributed by atoms with Gasteiger partial charge < -0.3 is 15.0 Å². The highest BCUT2D eigenvalue weighted by Gasteiger charge is 2.16. The van der Waals surface area contributed by atoms with Gasteiger partial charge in [-0.2, -0.15) is 5.10 Å². The van der Waals surface area contributed by atoms with Crippen LogP contribution in [0, 0.1) is 0 Å². The first kappa shape index (κ1) is 20.4. The molecule has 0 saturated carbocycles. The van der Waals surface area contributed by atoms with E-state index in [2.05, 4.69) is 68.0 Å². The molecule has 164 valence electrons. The first-order valence-electron chi connectivity index (χ1n) is 11.4. The predicted octanol–water partition coefficient (Wildman–Crippen LogP) is 5.96. The maximum absolute atomic E-state index is 5.85. The molecular weight excluding hydrogens is 398 g/mol. The fourth-order valence-electron chi connectivity index (χ4n) is 4.54. The van der Waals surface area contributed by atoms with Gasteiger partial charge in [-0.1, -0.05) is 30.3 Å². The molecule has 0 amide bonds. The smallest absolute Gasteiger partial charge is 0.156 e. The quantitative estimate of drug-likeness (QED) is 0.303. The second-order valence-electron chi connectivity index (χ2n) is 8.28. The van der Waals surface area contributed by atoms with Gasteiger partial charge in [0.1, 0.15) is 5.75 Å². The van der Waals surface area contributed by atoms with Gasteiger partial charge in [0, 0.05) is 18.3 Å². The van der Waals surface area contributed by atoms with E-state index < -0.39 is 0 Å². The van der Waals surface area contributed by atoms with Gasteiger partial charge in [0.05, 0.1) is 30.0 Å². The third kappa shape index (κ3) is 4.13. The molecule has 2 heterocycles. The number of H-pyrrole nitrogens is 2. The van der Waals surface area contributed by atoms with Crippen LogP contribution in [-0.4, -0.2) is 33.8 Å². The van der Waals surface area contributed by atoms with E-state index in [4.69, 9.17) is 4.74 Å². The Labute approximate surface area is 188 Å². The van der Waals surface area contributed by atoms with Crippen LogP contribution in [0.2, 0.25) is 0 Å². The Hall–Kier alpha value is -3.54. The van der Waals surface area contributed by atoms with Crippen LogP contribution < -0.4 is 10.1 Å². The molecule has 0 aliphatic heterocycles. The zero-order chi connectivity index (χ0) is 21.8. The Morgan fingerprint density at radius 1 is 1.12 bits per heavy atom. The topological polar surface area (TPSA) is 78.6 Å². The molecule has 0 unspecified atom stereocenters. The van der Waals surface area contributed by atoms with Gasteiger partial charge >= 0.3 is 0 Å². The number of hydrogen-bond acceptors (Lipinski definition) is 4. The molecule has 0 radical (unpaired) electrons. The number of aromatic nitrogens is 4. The Balaban J connectivity index is 1.43. The molecule has 6 heteroatoms. The van der Waals surface area contributed by atoms with Gasteiger partial charge in [-0.3, -0.25) is 5.10 Å². The van der Waals surface area contributed by atoms with Crippen molar-refractivity contribution in [3.05, 3.63) is 66.3 Å². The molecule has 0 atom stereocenters. The summed E-state index contributed by atoms with van der Waals surface area (Å²) >= 11 is 0. The minimum Gasteiger partial charge on any atom is -0.496 e. The van der Waals surface area contributed by atoms with Crippen molar-refractivity contribution in [2.24, 2.45) is 0 Å². The molecule has 6 nitrogen and oxygen atoms in total. The molecule has 2 aromatic carbocycles. The van der Waals surface area contributed by atoms with Crippen molar-refractivity contribution in [3.8, 4) is 16.9 Å². The average Bonchev–Trinajstić information content (AvgIpc) is 3.52. The van der Waals surface area contributed by atoms with Crippen molar-refractivity contribution in [2.75, 3.05) is 19.0 Å². The molecular formula is C26H29N5O. The van der Waals surface area contributed by atoms with Crippen LogP contribution in [-0.2, 0) is 6.42 Å². The average molecular weight is 428 g/mol. The number of imidazole rings is 1. The zero-order valence-electron chi connectivity index (χ0n) is 18.4. The number of anilines is 1. The Morgan fingerprint density at radius 3 is 2.91 bits per heavy atom. The highest BCUT2D eigenvalue weighted by atomic mass is 16.5. The van der Waals surface area contributed by atoms with Crippen molar-refractivity contribution in [3.63, 3.8) is 0 Å². The van der Waals surface area contributed by atoms with E-state index in [1.165, 1.54) is 30.4 Å². The second kappa shape index (κ2) is 9.30. The maximum Gasteiger partial charge on any atom is 0.156 e. The minimum absolute atomic E-state index is 0.825. The molecule has 5 rings (SSSR count). The van der Waals surface area contributed by atoms with Crippen molar-refractivity contribution in [1.82, 2.24) is 20.2 Å². The summed E-state index contributed by atoms with van der Waals surface area (Å²) in [6.45, 7) is 0.825. The second-order valence-corrected chi connectivity index (χ2v) is 8.28. The molecule has 0 saturated heterocycles. The number of hydrogen-bond donors (Lipinski definition) is 3. The van der Waals surface area contributed by atoms with Crippen LogP contribution in [0.25, 0.3) is 27.6 Å². The van der Waals surface area contributed by atoms with Crippen LogP contribution in [0.5, 0.6) is 5.75 Å². The van der Waals surface area contributed by atoms with E-state index in [0.717, 1.165) is 65.1 Å². The van der Waals surface area contributed by atoms with Gasteiger partial charge in [-0.25, -0.2) is 4.98 Å². The zero-order valence-corrected chi connectivity index (χ0v) is 18.4. The van der Waals surface area contributed by atoms with Crippen LogP contribution in [0.4, 0.5) is 5.82 Å². The summed E-state index contributed by atoms with van der Waals surface area (Å²) in [7, 11) is 1.75. The number of nitrogens with zero attached hydrogens (tertiary/aromatic N) is 2. The lowest BCUT2D eigenvalue weighted by Gasteiger charge is -2.16. The standard InChI is InChI=1S/C26H29N5O/c1-32-24-15-19(18-7-3-2-4-8-18)12-13-21(24)22-10-5-11-23-25(22)26(31-30-23)28-14-6-9-20-16-27-17-29-20/h5,7,10-13,15-17H,2-4,6,8-9,14H2,1H3,(H,27,29)(H2,28,30,31). The van der Waals surface area contributed by atoms with E-state index in [1.807, 2.05) is 6.20 Å². The summed E-state index contributed by atoms with van der Waals surface area (Å²) in [6.07, 6.45) is 12.8. The summed E-state index contributed by atoms with van der Waals surface area (Å²) in [5.41, 5.74) is 6.99. The van der Waals surface area contributed by atoms with E-state index in [0.29, 0.717) is 0 Å². The number of aromatic amines is 2. The fraction of sp³-hybridized carbons (Fsp3) is 0.308. The maximum atomic E-state index is 5.85. The highest BCUT2D eigenvalue weighted by molar-refractivity contribution is 6.03. The van der Waals surface area contributed by atoms with Gasteiger partial charge in [0.2, 0.25) is 0 Å². The fourth-order valence-corrected chi connectivity index (χ4v) is 4.54. The molecule has 4 aromatic rings. The molecule has 1 aliphatic carbocycles. The third-order valence-electron chi connectivity index (χ3n) is 6.20.